The van der Waals surface area contributed by atoms with E-state index in [4.69, 9.17) is 4.74 Å². The minimum Gasteiger partial charge on any atom is -0.481 e. The molecule has 2 aliphatic rings. The highest BCUT2D eigenvalue weighted by molar-refractivity contribution is 5.80. The Labute approximate surface area is 206 Å². The van der Waals surface area contributed by atoms with Crippen LogP contribution >= 0.6 is 0 Å². The number of carbonyl (C=O) groups is 3. The molecule has 0 bridgehead atoms. The number of rotatable bonds is 7. The molecule has 3 atom stereocenters. The Morgan fingerprint density at radius 2 is 1.60 bits per heavy atom. The largest absolute Gasteiger partial charge is 0.481 e. The summed E-state index contributed by atoms with van der Waals surface area (Å²) in [6.45, 7) is 6.10. The predicted molar refractivity (Wildman–Crippen MR) is 133 cm³/mol. The third-order valence-electron chi connectivity index (χ3n) is 7.22. The highest BCUT2D eigenvalue weighted by Gasteiger charge is 2.34. The van der Waals surface area contributed by atoms with Crippen molar-refractivity contribution in [2.75, 3.05) is 6.61 Å². The van der Waals surface area contributed by atoms with Crippen LogP contribution in [-0.4, -0.2) is 41.8 Å². The van der Waals surface area contributed by atoms with Gasteiger partial charge < -0.3 is 20.5 Å². The van der Waals surface area contributed by atoms with Crippen molar-refractivity contribution < 1.29 is 24.2 Å². The van der Waals surface area contributed by atoms with Crippen LogP contribution in [0, 0.1) is 11.3 Å². The number of nitrogens with one attached hydrogen (secondary N) is 2. The Balaban J connectivity index is 1.35. The van der Waals surface area contributed by atoms with Gasteiger partial charge in [-0.2, -0.15) is 0 Å². The number of hydrogen-bond acceptors (Lipinski definition) is 4. The average Bonchev–Trinajstić information content (AvgIpc) is 3.39. The van der Waals surface area contributed by atoms with Gasteiger partial charge in [0.25, 0.3) is 0 Å². The fraction of sp³-hybridized carbons (Fsp3) is 0.464. The van der Waals surface area contributed by atoms with Crippen molar-refractivity contribution in [3.8, 4) is 11.1 Å². The molecule has 2 aromatic carbocycles. The summed E-state index contributed by atoms with van der Waals surface area (Å²) in [6, 6.07) is 15.8. The molecular weight excluding hydrogens is 444 g/mol. The Morgan fingerprint density at radius 3 is 2.14 bits per heavy atom. The first-order valence-corrected chi connectivity index (χ1v) is 12.3. The summed E-state index contributed by atoms with van der Waals surface area (Å²) in [7, 11) is 0. The van der Waals surface area contributed by atoms with E-state index in [1.165, 1.54) is 11.1 Å². The third-order valence-corrected chi connectivity index (χ3v) is 7.22. The normalized spacial score (nSPS) is 20.0. The number of carbonyl (C=O) groups excluding carboxylic acids is 2. The van der Waals surface area contributed by atoms with Gasteiger partial charge in [-0.15, -0.1) is 0 Å². The fourth-order valence-electron chi connectivity index (χ4n) is 5.16. The molecule has 7 nitrogen and oxygen atoms in total. The van der Waals surface area contributed by atoms with Crippen molar-refractivity contribution in [3.63, 3.8) is 0 Å². The van der Waals surface area contributed by atoms with Crippen LogP contribution in [-0.2, 0) is 14.3 Å². The van der Waals surface area contributed by atoms with Crippen molar-refractivity contribution in [3.05, 3.63) is 59.7 Å². The van der Waals surface area contributed by atoms with Crippen LogP contribution in [0.15, 0.2) is 48.5 Å². The van der Waals surface area contributed by atoms with Crippen LogP contribution < -0.4 is 10.6 Å². The van der Waals surface area contributed by atoms with E-state index in [1.54, 1.807) is 0 Å². The topological polar surface area (TPSA) is 105 Å². The molecule has 1 fully saturated rings. The summed E-state index contributed by atoms with van der Waals surface area (Å²) >= 11 is 0. The Bertz CT molecular complexity index is 1060. The summed E-state index contributed by atoms with van der Waals surface area (Å²) in [5.74, 6) is -1.45. The first-order chi connectivity index (χ1) is 16.6. The zero-order valence-corrected chi connectivity index (χ0v) is 20.5. The van der Waals surface area contributed by atoms with Crippen molar-refractivity contribution in [1.82, 2.24) is 10.6 Å². The zero-order chi connectivity index (χ0) is 25.2. The molecule has 0 aliphatic heterocycles. The number of amides is 2. The number of fused-ring (bicyclic) bond motifs is 3. The van der Waals surface area contributed by atoms with Gasteiger partial charge in [-0.3, -0.25) is 9.59 Å². The summed E-state index contributed by atoms with van der Waals surface area (Å²) in [5.41, 5.74) is 4.24. The average molecular weight is 479 g/mol. The van der Waals surface area contributed by atoms with Gasteiger partial charge in [0.2, 0.25) is 5.91 Å². The van der Waals surface area contributed by atoms with Crippen molar-refractivity contribution in [2.45, 2.75) is 64.5 Å². The fourth-order valence-corrected chi connectivity index (χ4v) is 5.16. The lowest BCUT2D eigenvalue weighted by molar-refractivity contribution is -0.141. The SMILES string of the molecule is CC(C)(C)C(CC(=O)NC1CCC(C(=O)O)C1)NC(=O)OCC1c2ccccc2-c2ccccc21. The van der Waals surface area contributed by atoms with Crippen LogP contribution in [0.4, 0.5) is 4.79 Å². The summed E-state index contributed by atoms with van der Waals surface area (Å²) in [6.07, 6.45) is 1.22. The van der Waals surface area contributed by atoms with E-state index in [-0.39, 0.29) is 36.3 Å². The molecule has 3 unspecified atom stereocenters. The number of carboxylic acid groups (broad SMARTS) is 1. The molecule has 0 radical (unpaired) electrons. The van der Waals surface area contributed by atoms with E-state index in [0.717, 1.165) is 11.1 Å². The monoisotopic (exact) mass is 478 g/mol. The second-order valence-electron chi connectivity index (χ2n) is 10.7. The molecule has 35 heavy (non-hydrogen) atoms. The molecule has 2 aliphatic carbocycles. The third kappa shape index (κ3) is 5.66. The molecule has 0 aromatic heterocycles. The highest BCUT2D eigenvalue weighted by atomic mass is 16.5. The minimum absolute atomic E-state index is 0.0333. The molecule has 1 saturated carbocycles. The summed E-state index contributed by atoms with van der Waals surface area (Å²) in [4.78, 5) is 36.7. The van der Waals surface area contributed by atoms with Crippen LogP contribution in [0.2, 0.25) is 0 Å². The molecule has 2 aromatic rings. The predicted octanol–water partition coefficient (Wildman–Crippen LogP) is 4.70. The lowest BCUT2D eigenvalue weighted by Crippen LogP contribution is -2.48. The molecule has 0 saturated heterocycles. The van der Waals surface area contributed by atoms with Gasteiger partial charge in [0, 0.05) is 24.4 Å². The lowest BCUT2D eigenvalue weighted by Gasteiger charge is -2.31. The Morgan fingerprint density at radius 1 is 1.00 bits per heavy atom. The van der Waals surface area contributed by atoms with Crippen molar-refractivity contribution >= 4 is 18.0 Å². The van der Waals surface area contributed by atoms with E-state index < -0.39 is 24.0 Å². The van der Waals surface area contributed by atoms with Gasteiger partial charge in [-0.05, 0) is 46.9 Å². The standard InChI is InChI=1S/C28H34N2O5/c1-28(2,3)24(15-25(31)29-18-13-12-17(14-18)26(32)33)30-27(34)35-16-23-21-10-6-4-8-19(21)20-9-5-7-11-22(20)23/h4-11,17-18,23-24H,12-16H2,1-3H3,(H,29,31)(H,30,34)(H,32,33). The number of benzene rings is 2. The number of aliphatic carboxylic acids is 1. The first kappa shape index (κ1) is 24.8. The van der Waals surface area contributed by atoms with Crippen molar-refractivity contribution in [2.24, 2.45) is 11.3 Å². The molecule has 0 heterocycles. The smallest absolute Gasteiger partial charge is 0.407 e. The maximum Gasteiger partial charge on any atom is 0.407 e. The van der Waals surface area contributed by atoms with E-state index in [2.05, 4.69) is 34.9 Å². The van der Waals surface area contributed by atoms with E-state index in [1.807, 2.05) is 45.0 Å². The van der Waals surface area contributed by atoms with Crippen LogP contribution in [0.25, 0.3) is 11.1 Å². The van der Waals surface area contributed by atoms with E-state index in [0.29, 0.717) is 19.3 Å². The molecule has 3 N–H and O–H groups in total. The quantitative estimate of drug-likeness (QED) is 0.535. The Hall–Kier alpha value is -3.35. The number of hydrogen-bond donors (Lipinski definition) is 3. The molecule has 4 rings (SSSR count). The molecular formula is C28H34N2O5. The lowest BCUT2D eigenvalue weighted by atomic mass is 9.84. The molecule has 7 heteroatoms. The second-order valence-corrected chi connectivity index (χ2v) is 10.7. The van der Waals surface area contributed by atoms with Gasteiger partial charge in [-0.1, -0.05) is 69.3 Å². The van der Waals surface area contributed by atoms with Crippen molar-refractivity contribution in [1.29, 1.82) is 0 Å². The molecule has 2 amide bonds. The molecule has 186 valence electrons. The number of carboxylic acids is 1. The van der Waals surface area contributed by atoms with E-state index in [9.17, 15) is 19.5 Å². The minimum atomic E-state index is -0.814. The van der Waals surface area contributed by atoms with Crippen LogP contribution in [0.3, 0.4) is 0 Å². The zero-order valence-electron chi connectivity index (χ0n) is 20.5. The maximum absolute atomic E-state index is 12.8. The van der Waals surface area contributed by atoms with Gasteiger partial charge in [-0.25, -0.2) is 4.79 Å². The van der Waals surface area contributed by atoms with E-state index >= 15 is 0 Å². The van der Waals surface area contributed by atoms with Gasteiger partial charge >= 0.3 is 12.1 Å². The Kier molecular flexibility index (Phi) is 7.15. The van der Waals surface area contributed by atoms with Gasteiger partial charge in [0.1, 0.15) is 6.61 Å². The number of ether oxygens (including phenoxy) is 1. The van der Waals surface area contributed by atoms with Crippen LogP contribution in [0.5, 0.6) is 0 Å². The highest BCUT2D eigenvalue weighted by Crippen LogP contribution is 2.44. The summed E-state index contributed by atoms with van der Waals surface area (Å²) < 4.78 is 5.67. The molecule has 0 spiro atoms. The van der Waals surface area contributed by atoms with Gasteiger partial charge in [0.15, 0.2) is 0 Å². The second kappa shape index (κ2) is 10.1. The number of alkyl carbamates (subject to hydrolysis) is 1. The first-order valence-electron chi connectivity index (χ1n) is 12.3. The van der Waals surface area contributed by atoms with Gasteiger partial charge in [0.05, 0.1) is 5.92 Å². The van der Waals surface area contributed by atoms with Crippen LogP contribution in [0.1, 0.15) is 63.5 Å². The summed E-state index contributed by atoms with van der Waals surface area (Å²) in [5, 5.41) is 15.0. The maximum atomic E-state index is 12.8.